The van der Waals surface area contributed by atoms with Crippen molar-refractivity contribution >= 4 is 11.5 Å². The maximum atomic E-state index is 13.0. The van der Waals surface area contributed by atoms with Crippen LogP contribution >= 0.6 is 0 Å². The molecule has 1 fully saturated rings. The molecule has 2 N–H and O–H groups in total. The fraction of sp³-hybridized carbons (Fsp3) is 0.267. The third-order valence-corrected chi connectivity index (χ3v) is 3.31. The molecule has 2 heterocycles. The standard InChI is InChI=1S/C15H16FN3O/c16-12-3-1-11(2-4-12)14-9-13(17)10-15(18-14)19-5-7-20-8-6-19/h1-4,9-10H,5-8H2,(H2,17,18). The van der Waals surface area contributed by atoms with Gasteiger partial charge in [-0.05, 0) is 30.3 Å². The lowest BCUT2D eigenvalue weighted by atomic mass is 10.1. The van der Waals surface area contributed by atoms with Crippen molar-refractivity contribution in [2.24, 2.45) is 0 Å². The number of hydrogen-bond donors (Lipinski definition) is 1. The zero-order valence-electron chi connectivity index (χ0n) is 11.1. The molecule has 1 aromatic carbocycles. The summed E-state index contributed by atoms with van der Waals surface area (Å²) in [5, 5.41) is 0. The summed E-state index contributed by atoms with van der Waals surface area (Å²) in [6, 6.07) is 9.93. The number of ether oxygens (including phenoxy) is 1. The summed E-state index contributed by atoms with van der Waals surface area (Å²) in [7, 11) is 0. The van der Waals surface area contributed by atoms with E-state index in [9.17, 15) is 4.39 Å². The molecule has 1 aliphatic rings. The van der Waals surface area contributed by atoms with Crippen LogP contribution in [-0.4, -0.2) is 31.3 Å². The molecule has 1 aliphatic heterocycles. The molecular weight excluding hydrogens is 257 g/mol. The van der Waals surface area contributed by atoms with Gasteiger partial charge in [0.15, 0.2) is 0 Å². The van der Waals surface area contributed by atoms with Crippen molar-refractivity contribution in [1.29, 1.82) is 0 Å². The van der Waals surface area contributed by atoms with Gasteiger partial charge in [-0.25, -0.2) is 9.37 Å². The number of hydrogen-bond acceptors (Lipinski definition) is 4. The van der Waals surface area contributed by atoms with Crippen LogP contribution < -0.4 is 10.6 Å². The molecule has 0 unspecified atom stereocenters. The second kappa shape index (κ2) is 5.46. The van der Waals surface area contributed by atoms with Crippen molar-refractivity contribution in [2.75, 3.05) is 36.9 Å². The highest BCUT2D eigenvalue weighted by Crippen LogP contribution is 2.25. The third-order valence-electron chi connectivity index (χ3n) is 3.31. The molecule has 0 radical (unpaired) electrons. The first-order valence-electron chi connectivity index (χ1n) is 6.58. The summed E-state index contributed by atoms with van der Waals surface area (Å²) in [6.45, 7) is 3.00. The van der Waals surface area contributed by atoms with E-state index < -0.39 is 0 Å². The van der Waals surface area contributed by atoms with Gasteiger partial charge in [0.25, 0.3) is 0 Å². The third kappa shape index (κ3) is 2.72. The second-order valence-corrected chi connectivity index (χ2v) is 4.75. The molecule has 2 aromatic rings. The van der Waals surface area contributed by atoms with Crippen molar-refractivity contribution in [3.05, 3.63) is 42.2 Å². The van der Waals surface area contributed by atoms with Crippen molar-refractivity contribution in [2.45, 2.75) is 0 Å². The SMILES string of the molecule is Nc1cc(-c2ccc(F)cc2)nc(N2CCOCC2)c1. The Hall–Kier alpha value is -2.14. The van der Waals surface area contributed by atoms with Crippen molar-refractivity contribution in [1.82, 2.24) is 4.98 Å². The van der Waals surface area contributed by atoms with Crippen LogP contribution in [0.25, 0.3) is 11.3 Å². The molecule has 1 saturated heterocycles. The molecule has 0 saturated carbocycles. The lowest BCUT2D eigenvalue weighted by molar-refractivity contribution is 0.122. The first kappa shape index (κ1) is 12.9. The van der Waals surface area contributed by atoms with Crippen LogP contribution in [0.3, 0.4) is 0 Å². The number of halogens is 1. The van der Waals surface area contributed by atoms with Gasteiger partial charge in [-0.15, -0.1) is 0 Å². The molecule has 0 bridgehead atoms. The van der Waals surface area contributed by atoms with Crippen molar-refractivity contribution in [3.63, 3.8) is 0 Å². The summed E-state index contributed by atoms with van der Waals surface area (Å²) in [5.74, 6) is 0.582. The van der Waals surface area contributed by atoms with Crippen LogP contribution in [0.15, 0.2) is 36.4 Å². The summed E-state index contributed by atoms with van der Waals surface area (Å²) < 4.78 is 18.3. The Labute approximate surface area is 117 Å². The van der Waals surface area contributed by atoms with Crippen LogP contribution in [0, 0.1) is 5.82 Å². The smallest absolute Gasteiger partial charge is 0.131 e. The fourth-order valence-corrected chi connectivity index (χ4v) is 2.26. The van der Waals surface area contributed by atoms with E-state index in [1.165, 1.54) is 12.1 Å². The van der Waals surface area contributed by atoms with E-state index in [1.54, 1.807) is 18.2 Å². The van der Waals surface area contributed by atoms with E-state index in [4.69, 9.17) is 10.5 Å². The predicted molar refractivity (Wildman–Crippen MR) is 77.1 cm³/mol. The molecule has 104 valence electrons. The number of nitrogen functional groups attached to an aromatic ring is 1. The zero-order chi connectivity index (χ0) is 13.9. The van der Waals surface area contributed by atoms with E-state index in [2.05, 4.69) is 9.88 Å². The lowest BCUT2D eigenvalue weighted by Crippen LogP contribution is -2.36. The molecule has 4 nitrogen and oxygen atoms in total. The highest BCUT2D eigenvalue weighted by atomic mass is 19.1. The molecule has 0 amide bonds. The lowest BCUT2D eigenvalue weighted by Gasteiger charge is -2.28. The molecule has 3 rings (SSSR count). The number of morpholine rings is 1. The van der Waals surface area contributed by atoms with Crippen LogP contribution in [0.2, 0.25) is 0 Å². The van der Waals surface area contributed by atoms with Gasteiger partial charge < -0.3 is 15.4 Å². The molecule has 20 heavy (non-hydrogen) atoms. The van der Waals surface area contributed by atoms with Crippen LogP contribution in [0.1, 0.15) is 0 Å². The first-order chi connectivity index (χ1) is 9.72. The zero-order valence-corrected chi connectivity index (χ0v) is 11.1. The van der Waals surface area contributed by atoms with Gasteiger partial charge in [-0.3, -0.25) is 0 Å². The van der Waals surface area contributed by atoms with Gasteiger partial charge in [0.2, 0.25) is 0 Å². The van der Waals surface area contributed by atoms with E-state index in [0.29, 0.717) is 18.9 Å². The second-order valence-electron chi connectivity index (χ2n) is 4.75. The number of anilines is 2. The maximum absolute atomic E-state index is 13.0. The number of aromatic nitrogens is 1. The van der Waals surface area contributed by atoms with Gasteiger partial charge in [0.05, 0.1) is 18.9 Å². The quantitative estimate of drug-likeness (QED) is 0.912. The molecular formula is C15H16FN3O. The van der Waals surface area contributed by atoms with Gasteiger partial charge in [-0.2, -0.15) is 0 Å². The first-order valence-corrected chi connectivity index (χ1v) is 6.58. The molecule has 0 aliphatic carbocycles. The summed E-state index contributed by atoms with van der Waals surface area (Å²) >= 11 is 0. The minimum Gasteiger partial charge on any atom is -0.399 e. The minimum absolute atomic E-state index is 0.258. The average Bonchev–Trinajstić information content (AvgIpc) is 2.48. The Morgan fingerprint density at radius 3 is 2.50 bits per heavy atom. The Kier molecular flexibility index (Phi) is 3.52. The maximum Gasteiger partial charge on any atom is 0.131 e. The van der Waals surface area contributed by atoms with Crippen LogP contribution in [-0.2, 0) is 4.74 Å². The number of nitrogens with zero attached hydrogens (tertiary/aromatic N) is 2. The Bertz CT molecular complexity index is 595. The van der Waals surface area contributed by atoms with Gasteiger partial charge >= 0.3 is 0 Å². The van der Waals surface area contributed by atoms with Crippen molar-refractivity contribution in [3.8, 4) is 11.3 Å². The van der Waals surface area contributed by atoms with Gasteiger partial charge in [0, 0.05) is 30.4 Å². The van der Waals surface area contributed by atoms with Crippen LogP contribution in [0.4, 0.5) is 15.9 Å². The average molecular weight is 273 g/mol. The minimum atomic E-state index is -0.258. The van der Waals surface area contributed by atoms with Gasteiger partial charge in [-0.1, -0.05) is 0 Å². The number of pyridine rings is 1. The van der Waals surface area contributed by atoms with E-state index in [-0.39, 0.29) is 5.82 Å². The predicted octanol–water partition coefficient (Wildman–Crippen LogP) is 2.31. The summed E-state index contributed by atoms with van der Waals surface area (Å²) in [5.41, 5.74) is 8.23. The fourth-order valence-electron chi connectivity index (χ4n) is 2.26. The number of rotatable bonds is 2. The highest BCUT2D eigenvalue weighted by molar-refractivity contribution is 5.67. The highest BCUT2D eigenvalue weighted by Gasteiger charge is 2.14. The van der Waals surface area contributed by atoms with E-state index >= 15 is 0 Å². The topological polar surface area (TPSA) is 51.4 Å². The molecule has 0 spiro atoms. The molecule has 0 atom stereocenters. The normalized spacial score (nSPS) is 15.3. The van der Waals surface area contributed by atoms with E-state index in [0.717, 1.165) is 30.2 Å². The molecule has 5 heteroatoms. The molecule has 1 aromatic heterocycles. The summed E-state index contributed by atoms with van der Waals surface area (Å²) in [6.07, 6.45) is 0. The Morgan fingerprint density at radius 2 is 1.80 bits per heavy atom. The number of nitrogens with two attached hydrogens (primary N) is 1. The number of benzene rings is 1. The Balaban J connectivity index is 1.95. The Morgan fingerprint density at radius 1 is 1.10 bits per heavy atom. The largest absolute Gasteiger partial charge is 0.399 e. The van der Waals surface area contributed by atoms with Gasteiger partial charge in [0.1, 0.15) is 11.6 Å². The van der Waals surface area contributed by atoms with Crippen molar-refractivity contribution < 1.29 is 9.13 Å². The van der Waals surface area contributed by atoms with Crippen LogP contribution in [0.5, 0.6) is 0 Å². The monoisotopic (exact) mass is 273 g/mol. The van der Waals surface area contributed by atoms with E-state index in [1.807, 2.05) is 6.07 Å². The summed E-state index contributed by atoms with van der Waals surface area (Å²) in [4.78, 5) is 6.77.